The van der Waals surface area contributed by atoms with Crippen molar-refractivity contribution in [3.8, 4) is 0 Å². The molecule has 112 valence electrons. The zero-order valence-electron chi connectivity index (χ0n) is 12.5. The van der Waals surface area contributed by atoms with E-state index in [9.17, 15) is 14.7 Å². The molecule has 0 bridgehead atoms. The van der Waals surface area contributed by atoms with Crippen LogP contribution in [0.15, 0.2) is 42.5 Å². The van der Waals surface area contributed by atoms with Crippen LogP contribution in [-0.4, -0.2) is 16.8 Å². The molecule has 2 aromatic carbocycles. The second-order valence-electron chi connectivity index (χ2n) is 5.78. The summed E-state index contributed by atoms with van der Waals surface area (Å²) in [7, 11) is 0. The zero-order valence-corrected chi connectivity index (χ0v) is 12.5. The maximum Gasteiger partial charge on any atom is 0.261 e. The molecule has 1 atom stereocenters. The number of rotatable bonds is 3. The first-order valence-corrected chi connectivity index (χ1v) is 7.15. The molecule has 2 aromatic rings. The van der Waals surface area contributed by atoms with Crippen molar-refractivity contribution < 1.29 is 14.7 Å². The average molecular weight is 295 g/mol. The third-order valence-corrected chi connectivity index (χ3v) is 4.12. The van der Waals surface area contributed by atoms with Crippen molar-refractivity contribution in [2.24, 2.45) is 0 Å². The van der Waals surface area contributed by atoms with Crippen molar-refractivity contribution in [1.82, 2.24) is 0 Å². The fraction of sp³-hybridized carbons (Fsp3) is 0.222. The standard InChI is InChI=1S/C18H17NO3/c1-11-6-8-13(9-7-11)15(20)10-18(22)14-5-3-4-12(2)16(14)19-17(18)21/h3-9,22H,10H2,1-2H3,(H,19,21). The van der Waals surface area contributed by atoms with Gasteiger partial charge in [-0.2, -0.15) is 0 Å². The highest BCUT2D eigenvalue weighted by Crippen LogP contribution is 2.40. The molecule has 0 radical (unpaired) electrons. The Kier molecular flexibility index (Phi) is 3.34. The van der Waals surface area contributed by atoms with E-state index in [0.29, 0.717) is 16.8 Å². The van der Waals surface area contributed by atoms with Crippen molar-refractivity contribution in [2.45, 2.75) is 25.9 Å². The maximum atomic E-state index is 12.4. The largest absolute Gasteiger partial charge is 0.375 e. The quantitative estimate of drug-likeness (QED) is 0.856. The molecule has 22 heavy (non-hydrogen) atoms. The highest BCUT2D eigenvalue weighted by molar-refractivity contribution is 6.09. The van der Waals surface area contributed by atoms with E-state index in [1.54, 1.807) is 24.3 Å². The van der Waals surface area contributed by atoms with Gasteiger partial charge in [0.1, 0.15) is 0 Å². The summed E-state index contributed by atoms with van der Waals surface area (Å²) in [6, 6.07) is 12.4. The molecule has 0 saturated heterocycles. The van der Waals surface area contributed by atoms with Gasteiger partial charge in [-0.3, -0.25) is 9.59 Å². The number of aryl methyl sites for hydroxylation is 2. The van der Waals surface area contributed by atoms with Crippen molar-refractivity contribution in [3.63, 3.8) is 0 Å². The average Bonchev–Trinajstić information content (AvgIpc) is 2.73. The van der Waals surface area contributed by atoms with E-state index in [0.717, 1.165) is 11.1 Å². The van der Waals surface area contributed by atoms with Crippen LogP contribution in [0.3, 0.4) is 0 Å². The number of benzene rings is 2. The number of Topliss-reactive ketones (excluding diaryl/α,β-unsaturated/α-hetero) is 1. The molecule has 4 heteroatoms. The molecule has 3 rings (SSSR count). The van der Waals surface area contributed by atoms with Crippen molar-refractivity contribution in [3.05, 3.63) is 64.7 Å². The molecule has 4 nitrogen and oxygen atoms in total. The Morgan fingerprint density at radius 3 is 2.50 bits per heavy atom. The molecule has 1 heterocycles. The Balaban J connectivity index is 1.95. The number of carbonyl (C=O) groups is 2. The number of hydrogen-bond acceptors (Lipinski definition) is 3. The van der Waals surface area contributed by atoms with Gasteiger partial charge in [-0.15, -0.1) is 0 Å². The Bertz CT molecular complexity index is 764. The van der Waals surface area contributed by atoms with Crippen LogP contribution < -0.4 is 5.32 Å². The topological polar surface area (TPSA) is 66.4 Å². The van der Waals surface area contributed by atoms with Gasteiger partial charge in [0.05, 0.1) is 12.1 Å². The monoisotopic (exact) mass is 295 g/mol. The van der Waals surface area contributed by atoms with Crippen LogP contribution in [0, 0.1) is 13.8 Å². The summed E-state index contributed by atoms with van der Waals surface area (Å²) in [5.74, 6) is -0.802. The number of hydrogen-bond donors (Lipinski definition) is 2. The Morgan fingerprint density at radius 2 is 1.82 bits per heavy atom. The van der Waals surface area contributed by atoms with E-state index in [-0.39, 0.29) is 12.2 Å². The van der Waals surface area contributed by atoms with Gasteiger partial charge < -0.3 is 10.4 Å². The molecule has 0 saturated carbocycles. The predicted molar refractivity (Wildman–Crippen MR) is 83.8 cm³/mol. The number of amides is 1. The number of para-hydroxylation sites is 1. The van der Waals surface area contributed by atoms with Crippen LogP contribution in [0.5, 0.6) is 0 Å². The minimum Gasteiger partial charge on any atom is -0.375 e. The zero-order chi connectivity index (χ0) is 15.9. The fourth-order valence-electron chi connectivity index (χ4n) is 2.77. The molecule has 0 fully saturated rings. The van der Waals surface area contributed by atoms with Crippen LogP contribution in [0.4, 0.5) is 5.69 Å². The first-order chi connectivity index (χ1) is 10.4. The lowest BCUT2D eigenvalue weighted by molar-refractivity contribution is -0.133. The lowest BCUT2D eigenvalue weighted by atomic mass is 9.87. The number of fused-ring (bicyclic) bond motifs is 1. The van der Waals surface area contributed by atoms with Gasteiger partial charge in [0.15, 0.2) is 11.4 Å². The molecule has 0 aliphatic carbocycles. The normalized spacial score (nSPS) is 19.7. The van der Waals surface area contributed by atoms with Gasteiger partial charge in [0, 0.05) is 11.1 Å². The SMILES string of the molecule is Cc1ccc(C(=O)CC2(O)C(=O)Nc3c(C)cccc32)cc1. The van der Waals surface area contributed by atoms with Crippen molar-refractivity contribution in [1.29, 1.82) is 0 Å². The van der Waals surface area contributed by atoms with E-state index in [1.807, 2.05) is 32.0 Å². The Labute approximate surface area is 128 Å². The van der Waals surface area contributed by atoms with Crippen LogP contribution in [0.2, 0.25) is 0 Å². The van der Waals surface area contributed by atoms with Crippen molar-refractivity contribution >= 4 is 17.4 Å². The summed E-state index contributed by atoms with van der Waals surface area (Å²) in [6.07, 6.45) is -0.266. The van der Waals surface area contributed by atoms with Crippen LogP contribution in [-0.2, 0) is 10.4 Å². The van der Waals surface area contributed by atoms with Gasteiger partial charge in [-0.25, -0.2) is 0 Å². The van der Waals surface area contributed by atoms with Gasteiger partial charge >= 0.3 is 0 Å². The Morgan fingerprint density at radius 1 is 1.14 bits per heavy atom. The molecule has 1 aliphatic rings. The molecular formula is C18H17NO3. The third-order valence-electron chi connectivity index (χ3n) is 4.12. The van der Waals surface area contributed by atoms with Crippen LogP contribution >= 0.6 is 0 Å². The summed E-state index contributed by atoms with van der Waals surface area (Å²) in [5, 5.41) is 13.5. The number of ketones is 1. The Hall–Kier alpha value is -2.46. The van der Waals surface area contributed by atoms with E-state index < -0.39 is 11.5 Å². The number of nitrogens with one attached hydrogen (secondary N) is 1. The molecule has 0 aromatic heterocycles. The van der Waals surface area contributed by atoms with Gasteiger partial charge in [0.25, 0.3) is 5.91 Å². The summed E-state index contributed by atoms with van der Waals surface area (Å²) in [6.45, 7) is 3.79. The second-order valence-corrected chi connectivity index (χ2v) is 5.78. The third kappa shape index (κ3) is 2.22. The number of aliphatic hydroxyl groups is 1. The summed E-state index contributed by atoms with van der Waals surface area (Å²) in [4.78, 5) is 24.6. The highest BCUT2D eigenvalue weighted by Gasteiger charge is 2.47. The molecule has 1 amide bonds. The summed E-state index contributed by atoms with van der Waals surface area (Å²) >= 11 is 0. The van der Waals surface area contributed by atoms with E-state index in [4.69, 9.17) is 0 Å². The molecule has 0 spiro atoms. The summed E-state index contributed by atoms with van der Waals surface area (Å²) in [5.41, 5.74) is 1.68. The maximum absolute atomic E-state index is 12.4. The van der Waals surface area contributed by atoms with Crippen LogP contribution in [0.1, 0.15) is 33.5 Å². The number of carbonyl (C=O) groups excluding carboxylic acids is 2. The lowest BCUT2D eigenvalue weighted by Gasteiger charge is -2.20. The highest BCUT2D eigenvalue weighted by atomic mass is 16.3. The molecule has 2 N–H and O–H groups in total. The minimum absolute atomic E-state index is 0.257. The van der Waals surface area contributed by atoms with Crippen molar-refractivity contribution in [2.75, 3.05) is 5.32 Å². The second kappa shape index (κ2) is 5.07. The smallest absolute Gasteiger partial charge is 0.261 e. The first kappa shape index (κ1) is 14.5. The first-order valence-electron chi connectivity index (χ1n) is 7.15. The molecule has 1 aliphatic heterocycles. The van der Waals surface area contributed by atoms with Gasteiger partial charge in [0.2, 0.25) is 0 Å². The number of anilines is 1. The fourth-order valence-corrected chi connectivity index (χ4v) is 2.77. The van der Waals surface area contributed by atoms with E-state index in [2.05, 4.69) is 5.32 Å². The van der Waals surface area contributed by atoms with Crippen LogP contribution in [0.25, 0.3) is 0 Å². The van der Waals surface area contributed by atoms with E-state index >= 15 is 0 Å². The van der Waals surface area contributed by atoms with Gasteiger partial charge in [-0.05, 0) is 19.4 Å². The van der Waals surface area contributed by atoms with Gasteiger partial charge in [-0.1, -0.05) is 48.0 Å². The minimum atomic E-state index is -1.80. The lowest BCUT2D eigenvalue weighted by Crippen LogP contribution is -2.36. The summed E-state index contributed by atoms with van der Waals surface area (Å²) < 4.78 is 0. The van der Waals surface area contributed by atoms with E-state index in [1.165, 1.54) is 0 Å². The predicted octanol–water partition coefficient (Wildman–Crippen LogP) is 2.72. The molecular weight excluding hydrogens is 278 g/mol. The molecule has 1 unspecified atom stereocenters.